The average molecular weight is 429 g/mol. The van der Waals surface area contributed by atoms with Crippen molar-refractivity contribution >= 4 is 27.4 Å². The van der Waals surface area contributed by atoms with Crippen LogP contribution in [0.15, 0.2) is 34.9 Å². The van der Waals surface area contributed by atoms with Gasteiger partial charge in [-0.1, -0.05) is 12.1 Å². The summed E-state index contributed by atoms with van der Waals surface area (Å²) in [6.45, 7) is -3.22. The topological polar surface area (TPSA) is 43.6 Å². The predicted octanol–water partition coefficient (Wildman–Crippen LogP) is 4.69. The van der Waals surface area contributed by atoms with Gasteiger partial charge in [0, 0.05) is 30.2 Å². The summed E-state index contributed by atoms with van der Waals surface area (Å²) in [4.78, 5) is 16.5. The van der Waals surface area contributed by atoms with Crippen molar-refractivity contribution in [1.29, 1.82) is 0 Å². The number of nitrogens with zero attached hydrogens (tertiary/aromatic N) is 2. The standard InChI is InChI=1S/C17H9BrF4N2O2/c18-9-6-24-13(5-11(9)20)23-14-12(25)4-8(15(14)24)7-2-1-3-10(19)16(7)26-17(21)22/h1-3,5-6,8,17H,4H2. The van der Waals surface area contributed by atoms with Gasteiger partial charge in [-0.05, 0) is 22.0 Å². The van der Waals surface area contributed by atoms with Crippen LogP contribution in [0.3, 0.4) is 0 Å². The van der Waals surface area contributed by atoms with Gasteiger partial charge >= 0.3 is 6.61 Å². The monoisotopic (exact) mass is 428 g/mol. The van der Waals surface area contributed by atoms with Gasteiger partial charge < -0.3 is 9.14 Å². The van der Waals surface area contributed by atoms with Gasteiger partial charge in [0.15, 0.2) is 17.3 Å². The van der Waals surface area contributed by atoms with Crippen molar-refractivity contribution in [2.75, 3.05) is 0 Å². The minimum atomic E-state index is -3.22. The number of imidazole rings is 1. The Balaban J connectivity index is 1.94. The molecule has 1 unspecified atom stereocenters. The molecule has 0 spiro atoms. The highest BCUT2D eigenvalue weighted by Crippen LogP contribution is 2.43. The Kier molecular flexibility index (Phi) is 3.98. The van der Waals surface area contributed by atoms with Gasteiger partial charge in [-0.25, -0.2) is 13.8 Å². The number of carbonyl (C=O) groups excluding carboxylic acids is 1. The van der Waals surface area contributed by atoms with E-state index in [-0.39, 0.29) is 33.6 Å². The van der Waals surface area contributed by atoms with E-state index >= 15 is 0 Å². The quantitative estimate of drug-likeness (QED) is 0.568. The molecular formula is C17H9BrF4N2O2. The number of pyridine rings is 1. The molecule has 0 saturated carbocycles. The third-order valence-electron chi connectivity index (χ3n) is 4.27. The summed E-state index contributed by atoms with van der Waals surface area (Å²) in [6, 6.07) is 4.92. The van der Waals surface area contributed by atoms with Gasteiger partial charge in [0.1, 0.15) is 17.2 Å². The number of fused-ring (bicyclic) bond motifs is 3. The third-order valence-corrected chi connectivity index (χ3v) is 4.85. The summed E-state index contributed by atoms with van der Waals surface area (Å²) < 4.78 is 59.2. The molecule has 1 atom stereocenters. The van der Waals surface area contributed by atoms with Crippen LogP contribution in [0.2, 0.25) is 0 Å². The van der Waals surface area contributed by atoms with Crippen molar-refractivity contribution in [1.82, 2.24) is 9.38 Å². The first-order valence-electron chi connectivity index (χ1n) is 7.50. The summed E-state index contributed by atoms with van der Waals surface area (Å²) in [5.41, 5.74) is 0.802. The molecule has 1 aromatic carbocycles. The number of alkyl halides is 2. The van der Waals surface area contributed by atoms with Crippen LogP contribution in [0.4, 0.5) is 17.6 Å². The zero-order chi connectivity index (χ0) is 18.6. The second kappa shape index (κ2) is 6.08. The second-order valence-electron chi connectivity index (χ2n) is 5.76. The summed E-state index contributed by atoms with van der Waals surface area (Å²) in [5, 5.41) is 0. The first-order valence-corrected chi connectivity index (χ1v) is 8.29. The van der Waals surface area contributed by atoms with Crippen LogP contribution in [0, 0.1) is 11.6 Å². The number of benzene rings is 1. The van der Waals surface area contributed by atoms with Crippen LogP contribution < -0.4 is 4.74 Å². The van der Waals surface area contributed by atoms with E-state index in [1.54, 1.807) is 0 Å². The number of ether oxygens (including phenoxy) is 1. The minimum absolute atomic E-state index is 0.0708. The van der Waals surface area contributed by atoms with Crippen LogP contribution in [0.5, 0.6) is 5.75 Å². The van der Waals surface area contributed by atoms with Crippen LogP contribution in [0.1, 0.15) is 34.1 Å². The number of carbonyl (C=O) groups is 1. The lowest BCUT2D eigenvalue weighted by Crippen LogP contribution is -2.10. The van der Waals surface area contributed by atoms with E-state index < -0.39 is 29.9 Å². The van der Waals surface area contributed by atoms with E-state index in [9.17, 15) is 22.4 Å². The molecule has 3 aromatic rings. The number of rotatable bonds is 3. The van der Waals surface area contributed by atoms with Crippen LogP contribution in [0.25, 0.3) is 5.65 Å². The van der Waals surface area contributed by atoms with E-state index in [0.29, 0.717) is 5.69 Å². The second-order valence-corrected chi connectivity index (χ2v) is 6.61. The summed E-state index contributed by atoms with van der Waals surface area (Å²) in [6.07, 6.45) is 1.33. The number of Topliss-reactive ketones (excluding diaryl/α,β-unsaturated/α-hetero) is 1. The summed E-state index contributed by atoms with van der Waals surface area (Å²) >= 11 is 3.07. The zero-order valence-corrected chi connectivity index (χ0v) is 14.4. The molecule has 2 aromatic heterocycles. The van der Waals surface area contributed by atoms with E-state index in [1.807, 2.05) is 0 Å². The molecule has 0 radical (unpaired) electrons. The smallest absolute Gasteiger partial charge is 0.387 e. The SMILES string of the molecule is O=C1CC(c2cccc(F)c2OC(F)F)c2c1nc1cc(F)c(Br)cn21. The fraction of sp³-hybridized carbons (Fsp3) is 0.176. The lowest BCUT2D eigenvalue weighted by Gasteiger charge is -2.17. The largest absolute Gasteiger partial charge is 0.431 e. The number of halogens is 5. The molecule has 134 valence electrons. The fourth-order valence-electron chi connectivity index (χ4n) is 3.25. The minimum Gasteiger partial charge on any atom is -0.431 e. The molecule has 1 aliphatic carbocycles. The predicted molar refractivity (Wildman–Crippen MR) is 86.7 cm³/mol. The Morgan fingerprint density at radius 1 is 1.27 bits per heavy atom. The van der Waals surface area contributed by atoms with Gasteiger partial charge in [-0.3, -0.25) is 4.79 Å². The summed E-state index contributed by atoms with van der Waals surface area (Å²) in [7, 11) is 0. The van der Waals surface area contributed by atoms with E-state index in [0.717, 1.165) is 12.1 Å². The molecule has 26 heavy (non-hydrogen) atoms. The average Bonchev–Trinajstić information content (AvgIpc) is 3.08. The van der Waals surface area contributed by atoms with Gasteiger partial charge in [0.2, 0.25) is 0 Å². The number of hydrogen-bond donors (Lipinski definition) is 0. The van der Waals surface area contributed by atoms with Crippen LogP contribution in [-0.4, -0.2) is 21.8 Å². The van der Waals surface area contributed by atoms with Crippen LogP contribution >= 0.6 is 15.9 Å². The molecule has 0 saturated heterocycles. The van der Waals surface area contributed by atoms with E-state index in [1.165, 1.54) is 22.7 Å². The van der Waals surface area contributed by atoms with Gasteiger partial charge in [0.25, 0.3) is 0 Å². The number of aromatic nitrogens is 2. The van der Waals surface area contributed by atoms with Gasteiger partial charge in [-0.2, -0.15) is 8.78 Å². The molecule has 0 N–H and O–H groups in total. The molecule has 4 rings (SSSR count). The molecular weight excluding hydrogens is 420 g/mol. The first kappa shape index (κ1) is 17.0. The Labute approximate surface area is 152 Å². The highest BCUT2D eigenvalue weighted by Gasteiger charge is 2.38. The Morgan fingerprint density at radius 3 is 2.77 bits per heavy atom. The van der Waals surface area contributed by atoms with Crippen molar-refractivity contribution in [3.05, 3.63) is 63.5 Å². The molecule has 4 nitrogen and oxygen atoms in total. The van der Waals surface area contributed by atoms with Crippen molar-refractivity contribution in [3.63, 3.8) is 0 Å². The van der Waals surface area contributed by atoms with Gasteiger partial charge in [-0.15, -0.1) is 0 Å². The Bertz CT molecular complexity index is 1050. The molecule has 0 fully saturated rings. The highest BCUT2D eigenvalue weighted by molar-refractivity contribution is 9.10. The zero-order valence-electron chi connectivity index (χ0n) is 12.8. The Morgan fingerprint density at radius 2 is 2.04 bits per heavy atom. The van der Waals surface area contributed by atoms with E-state index in [2.05, 4.69) is 25.7 Å². The van der Waals surface area contributed by atoms with Crippen molar-refractivity contribution in [2.24, 2.45) is 0 Å². The molecule has 1 aliphatic rings. The van der Waals surface area contributed by atoms with E-state index in [4.69, 9.17) is 0 Å². The maximum atomic E-state index is 14.1. The molecule has 0 aliphatic heterocycles. The van der Waals surface area contributed by atoms with Crippen molar-refractivity contribution in [2.45, 2.75) is 19.0 Å². The lowest BCUT2D eigenvalue weighted by molar-refractivity contribution is -0.0529. The molecule has 0 amide bonds. The summed E-state index contributed by atoms with van der Waals surface area (Å²) in [5.74, 6) is -3.20. The van der Waals surface area contributed by atoms with Crippen molar-refractivity contribution < 1.29 is 27.1 Å². The third kappa shape index (κ3) is 2.57. The van der Waals surface area contributed by atoms with Crippen LogP contribution in [-0.2, 0) is 0 Å². The fourth-order valence-corrected chi connectivity index (χ4v) is 3.56. The normalized spacial score (nSPS) is 16.5. The maximum Gasteiger partial charge on any atom is 0.387 e. The lowest BCUT2D eigenvalue weighted by atomic mass is 9.95. The number of hydrogen-bond acceptors (Lipinski definition) is 3. The molecule has 2 heterocycles. The molecule has 0 bridgehead atoms. The van der Waals surface area contributed by atoms with Gasteiger partial charge in [0.05, 0.1) is 10.2 Å². The number of para-hydroxylation sites is 1. The Hall–Kier alpha value is -2.42. The highest BCUT2D eigenvalue weighted by atomic mass is 79.9. The maximum absolute atomic E-state index is 14.1. The first-order chi connectivity index (χ1) is 12.4. The molecule has 9 heteroatoms. The number of ketones is 1. The van der Waals surface area contributed by atoms with Crippen molar-refractivity contribution in [3.8, 4) is 5.75 Å².